The number of unbranched alkanes of at least 4 members (excludes halogenated alkanes) is 1. The van der Waals surface area contributed by atoms with Gasteiger partial charge in [0.1, 0.15) is 0 Å². The zero-order chi connectivity index (χ0) is 15.6. The lowest BCUT2D eigenvalue weighted by molar-refractivity contribution is 0.136. The van der Waals surface area contributed by atoms with Crippen LogP contribution in [0.3, 0.4) is 0 Å². The molecule has 0 aliphatic heterocycles. The maximum Gasteiger partial charge on any atom is 0.241 e. The smallest absolute Gasteiger partial charge is 0.241 e. The Kier molecular flexibility index (Phi) is 9.10. The molecule has 0 atom stereocenters. The van der Waals surface area contributed by atoms with Crippen LogP contribution in [0, 0.1) is 0 Å². The molecule has 21 heavy (non-hydrogen) atoms. The average Bonchev–Trinajstić information content (AvgIpc) is 2.93. The van der Waals surface area contributed by atoms with Crippen LogP contribution in [-0.2, 0) is 21.3 Å². The van der Waals surface area contributed by atoms with Crippen molar-refractivity contribution in [1.82, 2.24) is 10.0 Å². The number of hydrogen-bond donors (Lipinski definition) is 2. The van der Waals surface area contributed by atoms with Crippen molar-refractivity contribution >= 4 is 21.4 Å². The standard InChI is InChI=1S/C14H26N2O3S2/c1-3-5-8-19-9-7-16-21(17,18)14-10-13(20-12-14)11-15-6-4-2/h10,12,15-16H,3-9,11H2,1-2H3. The number of rotatable bonds is 12. The minimum atomic E-state index is -3.41. The molecule has 0 aromatic carbocycles. The van der Waals surface area contributed by atoms with Gasteiger partial charge in [0.25, 0.3) is 0 Å². The SMILES string of the molecule is CCCCOCCNS(=O)(=O)c1csc(CNCCC)c1. The third-order valence-corrected chi connectivity index (χ3v) is 5.37. The lowest BCUT2D eigenvalue weighted by atomic mass is 10.4. The van der Waals surface area contributed by atoms with Crippen molar-refractivity contribution in [3.05, 3.63) is 16.3 Å². The van der Waals surface area contributed by atoms with Gasteiger partial charge < -0.3 is 10.1 Å². The molecule has 1 heterocycles. The Morgan fingerprint density at radius 2 is 2.00 bits per heavy atom. The predicted octanol–water partition coefficient (Wildman–Crippen LogP) is 2.34. The van der Waals surface area contributed by atoms with E-state index in [1.165, 1.54) is 11.3 Å². The first-order valence-electron chi connectivity index (χ1n) is 7.45. The van der Waals surface area contributed by atoms with Crippen LogP contribution < -0.4 is 10.0 Å². The van der Waals surface area contributed by atoms with Gasteiger partial charge in [-0.1, -0.05) is 20.3 Å². The van der Waals surface area contributed by atoms with Crippen LogP contribution >= 0.6 is 11.3 Å². The Bertz CT molecular complexity index is 486. The number of hydrogen-bond acceptors (Lipinski definition) is 5. The van der Waals surface area contributed by atoms with Gasteiger partial charge in [0.2, 0.25) is 10.0 Å². The van der Waals surface area contributed by atoms with E-state index >= 15 is 0 Å². The van der Waals surface area contributed by atoms with Crippen LogP contribution in [0.4, 0.5) is 0 Å². The number of sulfonamides is 1. The molecule has 1 aromatic rings. The van der Waals surface area contributed by atoms with Crippen molar-refractivity contribution in [2.75, 3.05) is 26.3 Å². The summed E-state index contributed by atoms with van der Waals surface area (Å²) in [6.45, 7) is 7.25. The van der Waals surface area contributed by atoms with E-state index in [2.05, 4.69) is 23.9 Å². The number of thiophene rings is 1. The van der Waals surface area contributed by atoms with Gasteiger partial charge >= 0.3 is 0 Å². The highest BCUT2D eigenvalue weighted by Gasteiger charge is 2.15. The quantitative estimate of drug-likeness (QED) is 0.576. The highest BCUT2D eigenvalue weighted by molar-refractivity contribution is 7.89. The van der Waals surface area contributed by atoms with Gasteiger partial charge in [-0.25, -0.2) is 13.1 Å². The Morgan fingerprint density at radius 3 is 2.71 bits per heavy atom. The molecule has 0 spiro atoms. The summed E-state index contributed by atoms with van der Waals surface area (Å²) in [5.41, 5.74) is 0. The second kappa shape index (κ2) is 10.3. The molecule has 0 radical (unpaired) electrons. The van der Waals surface area contributed by atoms with E-state index in [0.29, 0.717) is 31.2 Å². The summed E-state index contributed by atoms with van der Waals surface area (Å²) in [4.78, 5) is 1.37. The molecule has 0 aliphatic rings. The van der Waals surface area contributed by atoms with Crippen LogP contribution in [0.15, 0.2) is 16.3 Å². The summed E-state index contributed by atoms with van der Waals surface area (Å²) in [6.07, 6.45) is 3.15. The van der Waals surface area contributed by atoms with Gasteiger partial charge in [0.05, 0.1) is 11.5 Å². The summed E-state index contributed by atoms with van der Waals surface area (Å²) >= 11 is 1.46. The largest absolute Gasteiger partial charge is 0.380 e. The topological polar surface area (TPSA) is 67.4 Å². The second-order valence-electron chi connectivity index (χ2n) is 4.79. The van der Waals surface area contributed by atoms with E-state index in [1.807, 2.05) is 0 Å². The maximum absolute atomic E-state index is 12.1. The number of ether oxygens (including phenoxy) is 1. The van der Waals surface area contributed by atoms with Crippen molar-refractivity contribution in [2.45, 2.75) is 44.6 Å². The van der Waals surface area contributed by atoms with Crippen LogP contribution in [0.1, 0.15) is 38.0 Å². The molecule has 0 saturated carbocycles. The molecule has 2 N–H and O–H groups in total. The van der Waals surface area contributed by atoms with Crippen LogP contribution in [-0.4, -0.2) is 34.7 Å². The second-order valence-corrected chi connectivity index (χ2v) is 7.55. The molecular formula is C14H26N2O3S2. The molecule has 0 amide bonds. The first kappa shape index (κ1) is 18.6. The molecule has 5 nitrogen and oxygen atoms in total. The van der Waals surface area contributed by atoms with E-state index < -0.39 is 10.0 Å². The van der Waals surface area contributed by atoms with Crippen molar-refractivity contribution in [3.8, 4) is 0 Å². The van der Waals surface area contributed by atoms with Crippen LogP contribution in [0.2, 0.25) is 0 Å². The van der Waals surface area contributed by atoms with Crippen LogP contribution in [0.5, 0.6) is 0 Å². The Hall–Kier alpha value is -0.470. The maximum atomic E-state index is 12.1. The summed E-state index contributed by atoms with van der Waals surface area (Å²) in [5.74, 6) is 0. The zero-order valence-corrected chi connectivity index (χ0v) is 14.5. The molecular weight excluding hydrogens is 308 g/mol. The molecule has 0 saturated heterocycles. The Balaban J connectivity index is 2.36. The number of nitrogens with one attached hydrogen (secondary N) is 2. The monoisotopic (exact) mass is 334 g/mol. The summed E-state index contributed by atoms with van der Waals surface area (Å²) in [5, 5.41) is 4.95. The van der Waals surface area contributed by atoms with Crippen molar-refractivity contribution in [2.24, 2.45) is 0 Å². The normalized spacial score (nSPS) is 11.9. The van der Waals surface area contributed by atoms with Gasteiger partial charge in [-0.2, -0.15) is 0 Å². The lowest BCUT2D eigenvalue weighted by Gasteiger charge is -2.06. The van der Waals surface area contributed by atoms with Gasteiger partial charge in [-0.15, -0.1) is 11.3 Å². The fourth-order valence-electron chi connectivity index (χ4n) is 1.66. The average molecular weight is 335 g/mol. The minimum Gasteiger partial charge on any atom is -0.380 e. The molecule has 1 aromatic heterocycles. The third kappa shape index (κ3) is 7.37. The minimum absolute atomic E-state index is 0.311. The van der Waals surface area contributed by atoms with E-state index in [4.69, 9.17) is 4.74 Å². The molecule has 0 aliphatic carbocycles. The third-order valence-electron chi connectivity index (χ3n) is 2.85. The Morgan fingerprint density at radius 1 is 1.19 bits per heavy atom. The van der Waals surface area contributed by atoms with Crippen molar-refractivity contribution < 1.29 is 13.2 Å². The highest BCUT2D eigenvalue weighted by Crippen LogP contribution is 2.18. The zero-order valence-electron chi connectivity index (χ0n) is 12.9. The fraction of sp³-hybridized carbons (Fsp3) is 0.714. The van der Waals surface area contributed by atoms with E-state index in [9.17, 15) is 8.42 Å². The lowest BCUT2D eigenvalue weighted by Crippen LogP contribution is -2.27. The van der Waals surface area contributed by atoms with Crippen molar-refractivity contribution in [3.63, 3.8) is 0 Å². The van der Waals surface area contributed by atoms with Crippen molar-refractivity contribution in [1.29, 1.82) is 0 Å². The predicted molar refractivity (Wildman–Crippen MR) is 87.2 cm³/mol. The summed E-state index contributed by atoms with van der Waals surface area (Å²) < 4.78 is 32.1. The summed E-state index contributed by atoms with van der Waals surface area (Å²) in [6, 6.07) is 1.73. The summed E-state index contributed by atoms with van der Waals surface area (Å²) in [7, 11) is -3.41. The molecule has 122 valence electrons. The van der Waals surface area contributed by atoms with E-state index in [-0.39, 0.29) is 0 Å². The van der Waals surface area contributed by atoms with Gasteiger partial charge in [-0.3, -0.25) is 0 Å². The first-order chi connectivity index (χ1) is 10.1. The molecule has 0 fully saturated rings. The molecule has 0 bridgehead atoms. The van der Waals surface area contributed by atoms with Gasteiger partial charge in [-0.05, 0) is 25.5 Å². The van der Waals surface area contributed by atoms with E-state index in [1.54, 1.807) is 11.4 Å². The Labute approximate surface area is 132 Å². The van der Waals surface area contributed by atoms with Gasteiger partial charge in [0.15, 0.2) is 0 Å². The van der Waals surface area contributed by atoms with Gasteiger partial charge in [0, 0.05) is 30.0 Å². The fourth-order valence-corrected chi connectivity index (χ4v) is 3.92. The van der Waals surface area contributed by atoms with Crippen LogP contribution in [0.25, 0.3) is 0 Å². The first-order valence-corrected chi connectivity index (χ1v) is 9.82. The molecule has 0 unspecified atom stereocenters. The highest BCUT2D eigenvalue weighted by atomic mass is 32.2. The van der Waals surface area contributed by atoms with E-state index in [0.717, 1.165) is 30.7 Å². The molecule has 1 rings (SSSR count). The molecule has 7 heteroatoms.